The second-order valence-corrected chi connectivity index (χ2v) is 4.66. The lowest BCUT2D eigenvalue weighted by molar-refractivity contribution is -0.161. The van der Waals surface area contributed by atoms with Crippen molar-refractivity contribution in [2.24, 2.45) is 29.6 Å². The number of hydrogen-bond donors (Lipinski definition) is 0. The molecule has 0 radical (unpaired) electrons. The fourth-order valence-corrected chi connectivity index (χ4v) is 3.39. The molecule has 0 N–H and O–H groups in total. The topological polar surface area (TPSA) is 26.3 Å². The molecule has 0 aromatic rings. The van der Waals surface area contributed by atoms with Gasteiger partial charge >= 0.3 is 5.97 Å². The highest BCUT2D eigenvalue weighted by Crippen LogP contribution is 2.52. The molecule has 0 aromatic heterocycles. The van der Waals surface area contributed by atoms with Gasteiger partial charge in [-0.1, -0.05) is 19.1 Å². The first-order chi connectivity index (χ1) is 6.27. The second-order valence-electron chi connectivity index (χ2n) is 4.66. The minimum atomic E-state index is 0.0555. The van der Waals surface area contributed by atoms with E-state index in [2.05, 4.69) is 19.1 Å². The highest BCUT2D eigenvalue weighted by molar-refractivity contribution is 5.75. The first-order valence-electron chi connectivity index (χ1n) is 5.12. The average Bonchev–Trinajstić information content (AvgIpc) is 2.70. The summed E-state index contributed by atoms with van der Waals surface area (Å²) >= 11 is 0. The fourth-order valence-electron chi connectivity index (χ4n) is 3.39. The molecule has 0 spiro atoms. The van der Waals surface area contributed by atoms with Crippen molar-refractivity contribution in [1.29, 1.82) is 0 Å². The zero-order chi connectivity index (χ0) is 9.00. The van der Waals surface area contributed by atoms with Crippen LogP contribution >= 0.6 is 0 Å². The van der Waals surface area contributed by atoms with Crippen molar-refractivity contribution in [3.63, 3.8) is 0 Å². The predicted octanol–water partition coefficient (Wildman–Crippen LogP) is 1.62. The first kappa shape index (κ1) is 7.60. The molecule has 5 atom stereocenters. The van der Waals surface area contributed by atoms with Crippen LogP contribution in [0.25, 0.3) is 0 Å². The predicted molar refractivity (Wildman–Crippen MR) is 47.8 cm³/mol. The van der Waals surface area contributed by atoms with Crippen molar-refractivity contribution >= 4 is 5.97 Å². The van der Waals surface area contributed by atoms with E-state index in [1.54, 1.807) is 0 Å². The van der Waals surface area contributed by atoms with Crippen LogP contribution in [0.1, 0.15) is 13.3 Å². The molecule has 70 valence electrons. The summed E-state index contributed by atoms with van der Waals surface area (Å²) in [6.45, 7) is 2.84. The summed E-state index contributed by atoms with van der Waals surface area (Å²) in [6, 6.07) is 0. The Morgan fingerprint density at radius 1 is 1.38 bits per heavy atom. The van der Waals surface area contributed by atoms with E-state index in [1.165, 1.54) is 6.42 Å². The van der Waals surface area contributed by atoms with Gasteiger partial charge < -0.3 is 4.74 Å². The summed E-state index contributed by atoms with van der Waals surface area (Å²) in [5.74, 6) is 2.54. The van der Waals surface area contributed by atoms with Crippen molar-refractivity contribution in [3.8, 4) is 0 Å². The number of ether oxygens (including phenoxy) is 1. The van der Waals surface area contributed by atoms with E-state index in [9.17, 15) is 4.79 Å². The van der Waals surface area contributed by atoms with Gasteiger partial charge in [-0.3, -0.25) is 4.79 Å². The van der Waals surface area contributed by atoms with Gasteiger partial charge in [-0.2, -0.15) is 0 Å². The normalized spacial score (nSPS) is 52.1. The highest BCUT2D eigenvalue weighted by Gasteiger charge is 2.53. The van der Waals surface area contributed by atoms with Gasteiger partial charge in [0, 0.05) is 0 Å². The molecule has 3 aliphatic rings. The van der Waals surface area contributed by atoms with Gasteiger partial charge in [0.05, 0.1) is 12.5 Å². The standard InChI is InChI=1S/C11H14O2/c1-6-5-13-11(12)10-8-3-2-7(4-8)9(6)10/h2-3,6-10H,4-5H2,1H3/t6-,7-,8+,9-,10+/m0/s1. The molecule has 2 heteroatoms. The maximum atomic E-state index is 11.6. The number of allylic oxidation sites excluding steroid dienone is 2. The van der Waals surface area contributed by atoms with Crippen LogP contribution in [0.4, 0.5) is 0 Å². The number of hydrogen-bond acceptors (Lipinski definition) is 2. The summed E-state index contributed by atoms with van der Waals surface area (Å²) in [5.41, 5.74) is 0. The van der Waals surface area contributed by atoms with Gasteiger partial charge in [-0.15, -0.1) is 0 Å². The molecule has 0 aromatic carbocycles. The van der Waals surface area contributed by atoms with E-state index < -0.39 is 0 Å². The molecular weight excluding hydrogens is 164 g/mol. The molecule has 2 bridgehead atoms. The van der Waals surface area contributed by atoms with Gasteiger partial charge in [0.25, 0.3) is 0 Å². The Morgan fingerprint density at radius 3 is 2.92 bits per heavy atom. The number of rotatable bonds is 0. The van der Waals surface area contributed by atoms with E-state index >= 15 is 0 Å². The van der Waals surface area contributed by atoms with Crippen molar-refractivity contribution in [2.45, 2.75) is 13.3 Å². The van der Waals surface area contributed by atoms with E-state index in [1.807, 2.05) is 0 Å². The fraction of sp³-hybridized carbons (Fsp3) is 0.727. The number of carbonyl (C=O) groups excluding carboxylic acids is 1. The van der Waals surface area contributed by atoms with Crippen LogP contribution < -0.4 is 0 Å². The number of carbonyl (C=O) groups is 1. The maximum Gasteiger partial charge on any atom is 0.309 e. The molecule has 2 nitrogen and oxygen atoms in total. The van der Waals surface area contributed by atoms with E-state index in [0.717, 1.165) is 0 Å². The van der Waals surface area contributed by atoms with Crippen molar-refractivity contribution < 1.29 is 9.53 Å². The lowest BCUT2D eigenvalue weighted by Crippen LogP contribution is -2.40. The van der Waals surface area contributed by atoms with Gasteiger partial charge in [0.15, 0.2) is 0 Å². The van der Waals surface area contributed by atoms with Crippen LogP contribution in [0, 0.1) is 29.6 Å². The Morgan fingerprint density at radius 2 is 2.15 bits per heavy atom. The van der Waals surface area contributed by atoms with E-state index in [-0.39, 0.29) is 11.9 Å². The summed E-state index contributed by atoms with van der Waals surface area (Å²) < 4.78 is 5.18. The van der Waals surface area contributed by atoms with E-state index in [4.69, 9.17) is 4.74 Å². The summed E-state index contributed by atoms with van der Waals surface area (Å²) in [4.78, 5) is 11.6. The zero-order valence-electron chi connectivity index (χ0n) is 7.77. The third-order valence-corrected chi connectivity index (χ3v) is 3.94. The maximum absolute atomic E-state index is 11.6. The van der Waals surface area contributed by atoms with Gasteiger partial charge in [-0.05, 0) is 30.1 Å². The van der Waals surface area contributed by atoms with Crippen LogP contribution in [0.5, 0.6) is 0 Å². The van der Waals surface area contributed by atoms with E-state index in [0.29, 0.717) is 30.3 Å². The monoisotopic (exact) mass is 178 g/mol. The average molecular weight is 178 g/mol. The lowest BCUT2D eigenvalue weighted by Gasteiger charge is -2.35. The van der Waals surface area contributed by atoms with Crippen LogP contribution in [0.15, 0.2) is 12.2 Å². The Bertz CT molecular complexity index is 282. The lowest BCUT2D eigenvalue weighted by atomic mass is 9.74. The Hall–Kier alpha value is -0.790. The second kappa shape index (κ2) is 2.37. The number of cyclic esters (lactones) is 1. The third-order valence-electron chi connectivity index (χ3n) is 3.94. The van der Waals surface area contributed by atoms with Crippen LogP contribution in [0.2, 0.25) is 0 Å². The largest absolute Gasteiger partial charge is 0.465 e. The molecule has 1 saturated heterocycles. The van der Waals surface area contributed by atoms with Gasteiger partial charge in [0.1, 0.15) is 0 Å². The van der Waals surface area contributed by atoms with Crippen LogP contribution in [-0.2, 0) is 9.53 Å². The summed E-state index contributed by atoms with van der Waals surface area (Å²) in [5, 5.41) is 0. The van der Waals surface area contributed by atoms with Gasteiger partial charge in [0.2, 0.25) is 0 Å². The molecule has 0 unspecified atom stereocenters. The Labute approximate surface area is 78.0 Å². The smallest absolute Gasteiger partial charge is 0.309 e. The quantitative estimate of drug-likeness (QED) is 0.416. The minimum absolute atomic E-state index is 0.0555. The van der Waals surface area contributed by atoms with Crippen molar-refractivity contribution in [2.75, 3.05) is 6.61 Å². The minimum Gasteiger partial charge on any atom is -0.465 e. The Balaban J connectivity index is 1.98. The third kappa shape index (κ3) is 0.862. The van der Waals surface area contributed by atoms with Gasteiger partial charge in [-0.25, -0.2) is 0 Å². The SMILES string of the molecule is C[C@H]1COC(=O)[C@H]2[C@@H]1[C@H]1C=C[C@@H]2C1. The summed E-state index contributed by atoms with van der Waals surface area (Å²) in [6.07, 6.45) is 5.71. The molecule has 1 saturated carbocycles. The molecule has 1 aliphatic heterocycles. The number of fused-ring (bicyclic) bond motifs is 5. The molecule has 1 heterocycles. The molecule has 2 fully saturated rings. The number of esters is 1. The van der Waals surface area contributed by atoms with Crippen molar-refractivity contribution in [1.82, 2.24) is 0 Å². The zero-order valence-corrected chi connectivity index (χ0v) is 7.77. The molecule has 0 amide bonds. The molecule has 3 rings (SSSR count). The highest BCUT2D eigenvalue weighted by atomic mass is 16.5. The first-order valence-corrected chi connectivity index (χ1v) is 5.12. The molecule has 13 heavy (non-hydrogen) atoms. The summed E-state index contributed by atoms with van der Waals surface area (Å²) in [7, 11) is 0. The van der Waals surface area contributed by atoms with Crippen LogP contribution in [0.3, 0.4) is 0 Å². The molecular formula is C11H14O2. The van der Waals surface area contributed by atoms with Crippen LogP contribution in [-0.4, -0.2) is 12.6 Å². The molecule has 2 aliphatic carbocycles. The Kier molecular flexibility index (Phi) is 1.38. The van der Waals surface area contributed by atoms with Crippen molar-refractivity contribution in [3.05, 3.63) is 12.2 Å².